The number of hydrogen-bond acceptors (Lipinski definition) is 5. The van der Waals surface area contributed by atoms with Crippen LogP contribution in [0.25, 0.3) is 5.57 Å². The zero-order valence-corrected chi connectivity index (χ0v) is 19.6. The summed E-state index contributed by atoms with van der Waals surface area (Å²) in [5.41, 5.74) is -0.561. The number of amides is 2. The molecule has 0 aliphatic carbocycles. The highest BCUT2D eigenvalue weighted by molar-refractivity contribution is 5.85. The molecule has 2 amide bonds. The number of nitrogens with one attached hydrogen (secondary N) is 1. The van der Waals surface area contributed by atoms with Gasteiger partial charge >= 0.3 is 12.1 Å². The number of carbonyl (C=O) groups excluding carboxylic acids is 2. The zero-order chi connectivity index (χ0) is 24.9. The molecular formula is C26H30N2O6. The summed E-state index contributed by atoms with van der Waals surface area (Å²) in [6.07, 6.45) is 1.81. The highest BCUT2D eigenvalue weighted by atomic mass is 16.6. The third-order valence-electron chi connectivity index (χ3n) is 5.50. The average molecular weight is 467 g/mol. The van der Waals surface area contributed by atoms with E-state index in [2.05, 4.69) is 5.32 Å². The van der Waals surface area contributed by atoms with Crippen LogP contribution in [0, 0.1) is 0 Å². The summed E-state index contributed by atoms with van der Waals surface area (Å²) in [6.45, 7) is 5.89. The lowest BCUT2D eigenvalue weighted by Crippen LogP contribution is -2.43. The highest BCUT2D eigenvalue weighted by Crippen LogP contribution is 2.33. The van der Waals surface area contributed by atoms with Crippen molar-refractivity contribution in [1.82, 2.24) is 10.2 Å². The molecule has 0 spiro atoms. The fraction of sp³-hybridized carbons (Fsp3) is 0.346. The predicted molar refractivity (Wildman–Crippen MR) is 127 cm³/mol. The standard InChI is InChI=1S/C26H30N2O6/c1-25(2,3)34-24(32)27-17-22(29)28-14-12-18(13-15-28)19-8-7-11-21(16-19)26(33,23(30)31)20-9-5-4-6-10-20/h4-12,16,33H,13-15,17H2,1-3H3,(H,27,32)(H,30,31)/t26-/m0/s1. The van der Waals surface area contributed by atoms with Crippen molar-refractivity contribution in [1.29, 1.82) is 0 Å². The number of rotatable bonds is 6. The van der Waals surface area contributed by atoms with Crippen molar-refractivity contribution < 1.29 is 29.3 Å². The van der Waals surface area contributed by atoms with Gasteiger partial charge in [0.2, 0.25) is 11.5 Å². The Bertz CT molecular complexity index is 1090. The topological polar surface area (TPSA) is 116 Å². The maximum atomic E-state index is 12.5. The van der Waals surface area contributed by atoms with E-state index in [0.717, 1.165) is 11.1 Å². The number of carboxylic acid groups (broad SMARTS) is 1. The van der Waals surface area contributed by atoms with Crippen LogP contribution in [0.2, 0.25) is 0 Å². The largest absolute Gasteiger partial charge is 0.479 e. The van der Waals surface area contributed by atoms with E-state index in [1.807, 2.05) is 12.1 Å². The first-order chi connectivity index (χ1) is 16.0. The molecule has 0 radical (unpaired) electrons. The van der Waals surface area contributed by atoms with Crippen molar-refractivity contribution in [3.63, 3.8) is 0 Å². The minimum atomic E-state index is -2.18. The van der Waals surface area contributed by atoms with Gasteiger partial charge in [0.1, 0.15) is 12.1 Å². The van der Waals surface area contributed by atoms with Crippen LogP contribution in [0.1, 0.15) is 43.9 Å². The van der Waals surface area contributed by atoms with E-state index in [9.17, 15) is 24.6 Å². The van der Waals surface area contributed by atoms with Crippen molar-refractivity contribution in [3.8, 4) is 0 Å². The van der Waals surface area contributed by atoms with Crippen LogP contribution in [-0.2, 0) is 19.9 Å². The Kier molecular flexibility index (Phi) is 7.41. The fourth-order valence-electron chi connectivity index (χ4n) is 3.77. The fourth-order valence-corrected chi connectivity index (χ4v) is 3.77. The van der Waals surface area contributed by atoms with Crippen LogP contribution in [0.15, 0.2) is 60.7 Å². The monoisotopic (exact) mass is 466 g/mol. The molecule has 0 saturated heterocycles. The SMILES string of the molecule is CC(C)(C)OC(=O)NCC(=O)N1CC=C(c2cccc([C@](O)(C(=O)O)c3ccccc3)c2)CC1. The van der Waals surface area contributed by atoms with Crippen molar-refractivity contribution in [2.24, 2.45) is 0 Å². The summed E-state index contributed by atoms with van der Waals surface area (Å²) in [6, 6.07) is 15.1. The van der Waals surface area contributed by atoms with Crippen LogP contribution in [0.4, 0.5) is 4.79 Å². The van der Waals surface area contributed by atoms with Crippen molar-refractivity contribution in [2.45, 2.75) is 38.4 Å². The maximum Gasteiger partial charge on any atom is 0.408 e. The molecule has 0 unspecified atom stereocenters. The molecule has 1 atom stereocenters. The minimum Gasteiger partial charge on any atom is -0.479 e. The van der Waals surface area contributed by atoms with Gasteiger partial charge in [-0.15, -0.1) is 0 Å². The van der Waals surface area contributed by atoms with Crippen LogP contribution >= 0.6 is 0 Å². The highest BCUT2D eigenvalue weighted by Gasteiger charge is 2.40. The number of aliphatic carboxylic acids is 1. The van der Waals surface area contributed by atoms with E-state index < -0.39 is 23.3 Å². The third kappa shape index (κ3) is 5.82. The van der Waals surface area contributed by atoms with E-state index in [1.165, 1.54) is 0 Å². The third-order valence-corrected chi connectivity index (χ3v) is 5.50. The minimum absolute atomic E-state index is 0.156. The van der Waals surface area contributed by atoms with Gasteiger partial charge in [-0.1, -0.05) is 54.6 Å². The van der Waals surface area contributed by atoms with E-state index in [-0.39, 0.29) is 23.6 Å². The Morgan fingerprint density at radius 2 is 1.71 bits per heavy atom. The van der Waals surface area contributed by atoms with Gasteiger partial charge in [0.25, 0.3) is 0 Å². The number of benzene rings is 2. The second-order valence-electron chi connectivity index (χ2n) is 9.14. The molecule has 3 rings (SSSR count). The smallest absolute Gasteiger partial charge is 0.408 e. The van der Waals surface area contributed by atoms with E-state index in [4.69, 9.17) is 4.74 Å². The summed E-state index contributed by atoms with van der Waals surface area (Å²) in [5, 5.41) is 23.4. The molecular weight excluding hydrogens is 436 g/mol. The second-order valence-corrected chi connectivity index (χ2v) is 9.14. The summed E-state index contributed by atoms with van der Waals surface area (Å²) in [7, 11) is 0. The van der Waals surface area contributed by atoms with Gasteiger partial charge in [0, 0.05) is 18.7 Å². The Morgan fingerprint density at radius 3 is 2.29 bits per heavy atom. The van der Waals surface area contributed by atoms with E-state index in [1.54, 1.807) is 74.2 Å². The Balaban J connectivity index is 1.71. The first-order valence-corrected chi connectivity index (χ1v) is 11.1. The van der Waals surface area contributed by atoms with Gasteiger partial charge in [0.05, 0.1) is 0 Å². The van der Waals surface area contributed by atoms with Crippen molar-refractivity contribution in [3.05, 3.63) is 77.4 Å². The maximum absolute atomic E-state index is 12.5. The van der Waals surface area contributed by atoms with Gasteiger partial charge in [-0.25, -0.2) is 9.59 Å². The van der Waals surface area contributed by atoms with Gasteiger partial charge in [-0.2, -0.15) is 0 Å². The van der Waals surface area contributed by atoms with Gasteiger partial charge in [-0.05, 0) is 50.0 Å². The van der Waals surface area contributed by atoms with E-state index >= 15 is 0 Å². The molecule has 0 fully saturated rings. The molecule has 180 valence electrons. The zero-order valence-electron chi connectivity index (χ0n) is 19.6. The molecule has 3 N–H and O–H groups in total. The summed E-state index contributed by atoms with van der Waals surface area (Å²) >= 11 is 0. The van der Waals surface area contributed by atoms with Crippen molar-refractivity contribution >= 4 is 23.5 Å². The number of nitrogens with zero attached hydrogens (tertiary/aromatic N) is 1. The summed E-state index contributed by atoms with van der Waals surface area (Å²) < 4.78 is 5.14. The van der Waals surface area contributed by atoms with Crippen LogP contribution in [0.3, 0.4) is 0 Å². The molecule has 34 heavy (non-hydrogen) atoms. The molecule has 8 heteroatoms. The molecule has 0 saturated carbocycles. The van der Waals surface area contributed by atoms with Gasteiger partial charge in [0.15, 0.2) is 0 Å². The molecule has 1 heterocycles. The number of carboxylic acids is 1. The Labute approximate surface area is 198 Å². The molecule has 2 aromatic carbocycles. The van der Waals surface area contributed by atoms with Crippen LogP contribution in [-0.4, -0.2) is 58.3 Å². The number of hydrogen-bond donors (Lipinski definition) is 3. The lowest BCUT2D eigenvalue weighted by molar-refractivity contribution is -0.155. The van der Waals surface area contributed by atoms with Gasteiger partial charge in [-0.3, -0.25) is 4.79 Å². The van der Waals surface area contributed by atoms with Crippen LogP contribution < -0.4 is 5.32 Å². The Hall–Kier alpha value is -3.65. The molecule has 0 bridgehead atoms. The lowest BCUT2D eigenvalue weighted by atomic mass is 9.84. The number of carbonyl (C=O) groups is 3. The quantitative estimate of drug-likeness (QED) is 0.602. The summed E-state index contributed by atoms with van der Waals surface area (Å²) in [5.74, 6) is -1.58. The first kappa shape index (κ1) is 25.0. The number of alkyl carbamates (subject to hydrolysis) is 1. The molecule has 1 aliphatic heterocycles. The molecule has 0 aromatic heterocycles. The van der Waals surface area contributed by atoms with Crippen LogP contribution in [0.5, 0.6) is 0 Å². The number of ether oxygens (including phenoxy) is 1. The van der Waals surface area contributed by atoms with Gasteiger partial charge < -0.3 is 25.2 Å². The number of aliphatic hydroxyl groups is 1. The normalized spacial score (nSPS) is 15.6. The van der Waals surface area contributed by atoms with E-state index in [0.29, 0.717) is 19.5 Å². The molecule has 8 nitrogen and oxygen atoms in total. The first-order valence-electron chi connectivity index (χ1n) is 11.1. The average Bonchev–Trinajstić information content (AvgIpc) is 2.81. The molecule has 1 aliphatic rings. The predicted octanol–water partition coefficient (Wildman–Crippen LogP) is 3.15. The lowest BCUT2D eigenvalue weighted by Gasteiger charge is -2.28. The second kappa shape index (κ2) is 10.1. The summed E-state index contributed by atoms with van der Waals surface area (Å²) in [4.78, 5) is 37.9. The van der Waals surface area contributed by atoms with Crippen molar-refractivity contribution in [2.75, 3.05) is 19.6 Å². The molecule has 2 aromatic rings. The Morgan fingerprint density at radius 1 is 1.03 bits per heavy atom.